The first kappa shape index (κ1) is 99.3. The summed E-state index contributed by atoms with van der Waals surface area (Å²) >= 11 is 0. The van der Waals surface area contributed by atoms with E-state index < -0.39 is 11.5 Å². The molecular weight excluding hydrogens is 1490 g/mol. The number of anilines is 6. The van der Waals surface area contributed by atoms with Crippen LogP contribution in [0.1, 0.15) is 438 Å². The summed E-state index contributed by atoms with van der Waals surface area (Å²) in [4.78, 5) is 73.6. The minimum Gasteiger partial charge on any atom is -0.338 e. The molecule has 0 aromatic carbocycles. The number of nitrogens with zero attached hydrogens (tertiary/aromatic N) is 15. The van der Waals surface area contributed by atoms with Gasteiger partial charge in [-0.05, 0) is 288 Å². The number of rotatable bonds is 42. The van der Waals surface area contributed by atoms with Crippen molar-refractivity contribution in [3.63, 3.8) is 0 Å². The van der Waals surface area contributed by atoms with Gasteiger partial charge in [-0.15, -0.1) is 0 Å². The van der Waals surface area contributed by atoms with E-state index in [4.69, 9.17) is 44.9 Å². The van der Waals surface area contributed by atoms with Crippen LogP contribution in [-0.4, -0.2) is 193 Å². The van der Waals surface area contributed by atoms with E-state index in [0.29, 0.717) is 59.6 Å². The molecule has 0 aliphatic carbocycles. The zero-order valence-electron chi connectivity index (χ0n) is 83.2. The third kappa shape index (κ3) is 26.6. The maximum Gasteiger partial charge on any atom is 0.230 e. The van der Waals surface area contributed by atoms with Gasteiger partial charge in [0.05, 0.1) is 0 Å². The van der Waals surface area contributed by atoms with E-state index in [1.165, 1.54) is 25.7 Å². The van der Waals surface area contributed by atoms with Gasteiger partial charge < -0.3 is 67.0 Å². The van der Waals surface area contributed by atoms with Crippen molar-refractivity contribution in [2.24, 2.45) is 5.73 Å². The van der Waals surface area contributed by atoms with E-state index in [9.17, 15) is 5.73 Å². The Labute approximate surface area is 734 Å². The molecule has 6 aliphatic rings. The Morgan fingerprint density at radius 3 is 0.550 bits per heavy atom. The third-order valence-corrected chi connectivity index (χ3v) is 27.3. The van der Waals surface area contributed by atoms with Gasteiger partial charge in [-0.25, -0.2) is 0 Å². The Kier molecular flexibility index (Phi) is 33.0. The Morgan fingerprint density at radius 2 is 0.392 bits per heavy atom. The normalized spacial score (nSPS) is 23.0. The minimum atomic E-state index is -1.72. The maximum absolute atomic E-state index is 9.20. The first-order valence-electron chi connectivity index (χ1n) is 49.2. The van der Waals surface area contributed by atoms with Crippen molar-refractivity contribution < 1.29 is 0 Å². The fourth-order valence-electron chi connectivity index (χ4n) is 24.3. The molecule has 0 saturated carbocycles. The smallest absolute Gasteiger partial charge is 0.230 e. The topological polar surface area (TPSA) is 234 Å². The SMILES string of the molecule is CCCCCCCCCC(N)C(c1nc(N(CCCC)C2CC(C)(C)NC(C)(C)C2)nc(N(CCCC)C2CC(C)(C)NC(C)(C)C2)n1)(c1nc(N(CCCC)C2CC(C)(C)NC(C)(C)C2)nc(N(CCCC)C2CC(C)(C)NC(C)(C)C2)n1)c1nc(N(CCCC)C2CC(C)(C)NC(C)(C)C2)nc(N(CCCC)C2CC(C)(C)NC(C)(C)C2)n1. The summed E-state index contributed by atoms with van der Waals surface area (Å²) in [6.45, 7) is 78.4. The van der Waals surface area contributed by atoms with Crippen LogP contribution in [0.5, 0.6) is 0 Å². The van der Waals surface area contributed by atoms with Crippen LogP contribution >= 0.6 is 0 Å². The lowest BCUT2D eigenvalue weighted by Gasteiger charge is -2.51. The van der Waals surface area contributed by atoms with Crippen molar-refractivity contribution in [3.05, 3.63) is 17.5 Å². The predicted octanol–water partition coefficient (Wildman–Crippen LogP) is 19.5. The number of unbranched alkanes of at least 4 members (excludes halogenated alkanes) is 12. The fraction of sp³-hybridized carbons (Fsp3) is 0.908. The molecule has 0 bridgehead atoms. The molecule has 6 fully saturated rings. The average molecular weight is 1670 g/mol. The van der Waals surface area contributed by atoms with E-state index in [0.717, 1.165) is 213 Å². The van der Waals surface area contributed by atoms with Gasteiger partial charge in [0.15, 0.2) is 22.9 Å². The molecule has 6 aliphatic heterocycles. The highest BCUT2D eigenvalue weighted by atomic mass is 15.4. The molecule has 0 amide bonds. The van der Waals surface area contributed by atoms with Gasteiger partial charge in [-0.1, -0.05) is 132 Å². The lowest BCUT2D eigenvalue weighted by Crippen LogP contribution is -2.63. The number of piperidine rings is 6. The van der Waals surface area contributed by atoms with E-state index in [1.54, 1.807) is 0 Å². The quantitative estimate of drug-likeness (QED) is 0.0261. The number of nitrogens with one attached hydrogen (secondary N) is 6. The van der Waals surface area contributed by atoms with Crippen molar-refractivity contribution in [1.82, 2.24) is 76.8 Å². The van der Waals surface area contributed by atoms with Crippen LogP contribution < -0.4 is 67.0 Å². The number of hydrogen-bond donors (Lipinski definition) is 7. The van der Waals surface area contributed by atoms with Gasteiger partial charge in [0.1, 0.15) is 0 Å². The molecule has 9 heterocycles. The lowest BCUT2D eigenvalue weighted by atomic mass is 9.75. The van der Waals surface area contributed by atoms with Crippen LogP contribution in [0, 0.1) is 0 Å². The van der Waals surface area contributed by atoms with E-state index in [1.807, 2.05) is 0 Å². The van der Waals surface area contributed by atoms with Gasteiger partial charge in [0.25, 0.3) is 0 Å². The lowest BCUT2D eigenvalue weighted by molar-refractivity contribution is 0.156. The van der Waals surface area contributed by atoms with Crippen molar-refractivity contribution in [2.45, 2.75) is 534 Å². The molecule has 686 valence electrons. The highest BCUT2D eigenvalue weighted by Gasteiger charge is 2.56. The zero-order valence-corrected chi connectivity index (χ0v) is 83.2. The molecule has 0 radical (unpaired) electrons. The summed E-state index contributed by atoms with van der Waals surface area (Å²) in [5, 5.41) is 24.7. The Bertz CT molecular complexity index is 3030. The van der Waals surface area contributed by atoms with Crippen LogP contribution in [0.2, 0.25) is 0 Å². The third-order valence-electron chi connectivity index (χ3n) is 27.3. The van der Waals surface area contributed by atoms with Crippen molar-refractivity contribution in [2.75, 3.05) is 68.7 Å². The summed E-state index contributed by atoms with van der Waals surface area (Å²) in [6, 6.07) is -0.475. The summed E-state index contributed by atoms with van der Waals surface area (Å²) in [6.07, 6.45) is 30.8. The Morgan fingerprint density at radius 1 is 0.242 bits per heavy atom. The molecule has 6 saturated heterocycles. The van der Waals surface area contributed by atoms with Crippen LogP contribution in [0.3, 0.4) is 0 Å². The molecule has 1 unspecified atom stereocenters. The van der Waals surface area contributed by atoms with E-state index >= 15 is 0 Å². The number of hydrogen-bond acceptors (Lipinski definition) is 22. The average Bonchev–Trinajstić information content (AvgIpc) is 0.713. The van der Waals surface area contributed by atoms with Crippen LogP contribution in [0.15, 0.2) is 0 Å². The first-order chi connectivity index (χ1) is 55.8. The molecule has 22 heteroatoms. The second-order valence-corrected chi connectivity index (χ2v) is 47.1. The second kappa shape index (κ2) is 39.8. The molecule has 3 aromatic rings. The molecule has 0 spiro atoms. The van der Waals surface area contributed by atoms with Gasteiger partial charge >= 0.3 is 0 Å². The summed E-state index contributed by atoms with van der Waals surface area (Å²) in [5.41, 5.74) is 5.01. The summed E-state index contributed by atoms with van der Waals surface area (Å²) < 4.78 is 0. The summed E-state index contributed by atoms with van der Waals surface area (Å²) in [5.74, 6) is 5.57. The van der Waals surface area contributed by atoms with Crippen molar-refractivity contribution >= 4 is 35.7 Å². The van der Waals surface area contributed by atoms with Crippen LogP contribution in [0.4, 0.5) is 35.7 Å². The molecule has 3 aromatic heterocycles. The Hall–Kier alpha value is -4.45. The van der Waals surface area contributed by atoms with Crippen molar-refractivity contribution in [1.29, 1.82) is 0 Å². The fourth-order valence-corrected chi connectivity index (χ4v) is 24.3. The summed E-state index contributed by atoms with van der Waals surface area (Å²) in [7, 11) is 0. The molecule has 120 heavy (non-hydrogen) atoms. The largest absolute Gasteiger partial charge is 0.338 e. The zero-order chi connectivity index (χ0) is 88.7. The van der Waals surface area contributed by atoms with Gasteiger partial charge in [0, 0.05) is 148 Å². The number of aromatic nitrogens is 9. The highest BCUT2D eigenvalue weighted by molar-refractivity contribution is 5.54. The minimum absolute atomic E-state index is 0.0562. The molecular formula is C98H184N22. The van der Waals surface area contributed by atoms with Gasteiger partial charge in [-0.3, -0.25) is 0 Å². The van der Waals surface area contributed by atoms with Crippen molar-refractivity contribution in [3.8, 4) is 0 Å². The molecule has 1 atom stereocenters. The Balaban J connectivity index is 1.62. The van der Waals surface area contributed by atoms with Gasteiger partial charge in [-0.2, -0.15) is 44.9 Å². The molecule has 8 N–H and O–H groups in total. The first-order valence-corrected chi connectivity index (χ1v) is 49.2. The molecule has 22 nitrogen and oxygen atoms in total. The van der Waals surface area contributed by atoms with E-state index in [-0.39, 0.29) is 103 Å². The van der Waals surface area contributed by atoms with Gasteiger partial charge in [0.2, 0.25) is 35.7 Å². The monoisotopic (exact) mass is 1670 g/mol. The highest BCUT2D eigenvalue weighted by Crippen LogP contribution is 2.48. The van der Waals surface area contributed by atoms with Crippen LogP contribution in [0.25, 0.3) is 0 Å². The van der Waals surface area contributed by atoms with E-state index in [2.05, 4.69) is 276 Å². The maximum atomic E-state index is 9.20. The van der Waals surface area contributed by atoms with Crippen LogP contribution in [-0.2, 0) is 5.41 Å². The number of nitrogens with two attached hydrogens (primary N) is 1. The standard InChI is InChI=1S/C98H184N22/c1-32-39-46-47-48-49-50-51-76(99)98(77-100-80(115(52-40-33-2)70-58-86(8,9)109-87(10,11)59-70)106-81(101-77)116(53-41-34-3)71-60-88(12,13)110-89(14,15)61-71,78-102-82(117(54-42-35-4)72-62-90(16,17)111-91(18,19)63-72)107-83(103-78)118(55-43-36-5)73-64-92(20,21)112-93(22,23)65-73)79-104-84(119(56-44-37-6)74-66-94(24,25)113-95(26,27)67-74)108-85(105-79)120(57-45-38-7)75-68-96(28,29)114-97(30,31)69-75/h70-76,109-114H,32-69,99H2,1-31H3. The second-order valence-electron chi connectivity index (χ2n) is 47.1. The predicted molar refractivity (Wildman–Crippen MR) is 509 cm³/mol. The molecule has 9 rings (SSSR count).